The summed E-state index contributed by atoms with van der Waals surface area (Å²) in [7, 11) is 0. The minimum atomic E-state index is 0.292. The summed E-state index contributed by atoms with van der Waals surface area (Å²) >= 11 is 2.07. The fraction of sp³-hybridized carbons (Fsp3) is 0.556. The van der Waals surface area contributed by atoms with Crippen molar-refractivity contribution in [3.05, 3.63) is 11.8 Å². The molecule has 0 aromatic carbocycles. The van der Waals surface area contributed by atoms with E-state index in [4.69, 9.17) is 5.41 Å². The predicted molar refractivity (Wildman–Crippen MR) is 63.5 cm³/mol. The monoisotopic (exact) mass is 278 g/mol. The summed E-state index contributed by atoms with van der Waals surface area (Å²) in [5.41, 5.74) is 1.72. The lowest BCUT2D eigenvalue weighted by molar-refractivity contribution is 0.866. The summed E-state index contributed by atoms with van der Waals surface area (Å²) in [5, 5.41) is 7.73. The molecule has 0 radical (unpaired) electrons. The Labute approximate surface area is 87.8 Å². The second-order valence-electron chi connectivity index (χ2n) is 2.82. The van der Waals surface area contributed by atoms with Crippen molar-refractivity contribution in [1.82, 2.24) is 0 Å². The summed E-state index contributed by atoms with van der Waals surface area (Å²) in [4.78, 5) is 4.01. The normalized spacial score (nSPS) is 12.9. The number of allylic oxidation sites excluding steroid dienone is 1. The van der Waals surface area contributed by atoms with E-state index < -0.39 is 0 Å². The van der Waals surface area contributed by atoms with Gasteiger partial charge in [-0.2, -0.15) is 0 Å². The predicted octanol–water partition coefficient (Wildman–Crippen LogP) is 3.42. The van der Waals surface area contributed by atoms with Crippen LogP contribution in [0.25, 0.3) is 0 Å². The molecule has 0 aliphatic heterocycles. The molecule has 0 bridgehead atoms. The minimum absolute atomic E-state index is 0.292. The molecule has 0 amide bonds. The molecule has 0 aliphatic carbocycles. The Balaban J connectivity index is 4.44. The van der Waals surface area contributed by atoms with Crippen molar-refractivity contribution < 1.29 is 0 Å². The van der Waals surface area contributed by atoms with E-state index >= 15 is 0 Å². The highest BCUT2D eigenvalue weighted by Gasteiger charge is 2.06. The average molecular weight is 278 g/mol. The lowest BCUT2D eigenvalue weighted by Gasteiger charge is -2.08. The highest BCUT2D eigenvalue weighted by Crippen LogP contribution is 2.10. The van der Waals surface area contributed by atoms with E-state index in [1.807, 2.05) is 20.8 Å². The molecular formula is C9H15IN2. The summed E-state index contributed by atoms with van der Waals surface area (Å²) < 4.78 is 1.71. The molecule has 0 unspecified atom stereocenters. The van der Waals surface area contributed by atoms with Crippen molar-refractivity contribution in [1.29, 1.82) is 5.41 Å². The van der Waals surface area contributed by atoms with Gasteiger partial charge in [0.15, 0.2) is 0 Å². The summed E-state index contributed by atoms with van der Waals surface area (Å²) in [6, 6.07) is 0. The first-order valence-corrected chi connectivity index (χ1v) is 5.27. The minimum Gasteiger partial charge on any atom is -0.305 e. The van der Waals surface area contributed by atoms with E-state index in [0.29, 0.717) is 11.6 Å². The molecule has 2 nitrogen and oxygen atoms in total. The quantitative estimate of drug-likeness (QED) is 0.604. The largest absolute Gasteiger partial charge is 0.305 e. The van der Waals surface area contributed by atoms with E-state index in [2.05, 4.69) is 27.6 Å². The van der Waals surface area contributed by atoms with Crippen LogP contribution in [0.2, 0.25) is 0 Å². The Morgan fingerprint density at radius 2 is 2.17 bits per heavy atom. The smallest absolute Gasteiger partial charge is 0.0651 e. The van der Waals surface area contributed by atoms with E-state index in [9.17, 15) is 0 Å². The molecule has 68 valence electrons. The van der Waals surface area contributed by atoms with E-state index in [0.717, 1.165) is 12.0 Å². The zero-order valence-electron chi connectivity index (χ0n) is 7.76. The molecule has 0 spiro atoms. The van der Waals surface area contributed by atoms with Gasteiger partial charge in [0.05, 0.1) is 4.22 Å². The van der Waals surface area contributed by atoms with Gasteiger partial charge >= 0.3 is 0 Å². The maximum Gasteiger partial charge on any atom is 0.0651 e. The molecule has 0 atom stereocenters. The van der Waals surface area contributed by atoms with Crippen LogP contribution < -0.4 is 0 Å². The van der Waals surface area contributed by atoms with Crippen LogP contribution in [0.3, 0.4) is 0 Å². The molecule has 0 rings (SSSR count). The van der Waals surface area contributed by atoms with Crippen LogP contribution in [0.1, 0.15) is 27.2 Å². The fourth-order valence-corrected chi connectivity index (χ4v) is 1.00. The number of nitrogens with one attached hydrogen (secondary N) is 1. The number of hydrogen-bond donors (Lipinski definition) is 1. The highest BCUT2D eigenvalue weighted by atomic mass is 127. The third-order valence-electron chi connectivity index (χ3n) is 1.59. The molecule has 0 saturated carbocycles. The Morgan fingerprint density at radius 3 is 2.50 bits per heavy atom. The van der Waals surface area contributed by atoms with Gasteiger partial charge in [-0.15, -0.1) is 0 Å². The van der Waals surface area contributed by atoms with Crippen LogP contribution >= 0.6 is 22.6 Å². The number of rotatable bonds is 4. The van der Waals surface area contributed by atoms with Gasteiger partial charge in [0.2, 0.25) is 0 Å². The van der Waals surface area contributed by atoms with Crippen molar-refractivity contribution in [3.8, 4) is 0 Å². The zero-order chi connectivity index (χ0) is 9.56. The van der Waals surface area contributed by atoms with Crippen LogP contribution in [0.15, 0.2) is 16.8 Å². The lowest BCUT2D eigenvalue weighted by atomic mass is 9.99. The molecule has 0 fully saturated rings. The van der Waals surface area contributed by atoms with Gasteiger partial charge in [-0.25, -0.2) is 0 Å². The summed E-state index contributed by atoms with van der Waals surface area (Å²) in [6.45, 7) is 6.10. The fourth-order valence-electron chi connectivity index (χ4n) is 0.840. The van der Waals surface area contributed by atoms with Crippen LogP contribution in [0.4, 0.5) is 0 Å². The summed E-state index contributed by atoms with van der Waals surface area (Å²) in [6.07, 6.45) is 2.65. The lowest BCUT2D eigenvalue weighted by Crippen LogP contribution is -2.08. The van der Waals surface area contributed by atoms with Crippen molar-refractivity contribution in [2.45, 2.75) is 27.2 Å². The Bertz CT molecular complexity index is 205. The average Bonchev–Trinajstić information content (AvgIpc) is 2.05. The Kier molecular flexibility index (Phi) is 6.24. The van der Waals surface area contributed by atoms with E-state index in [1.54, 1.807) is 10.4 Å². The van der Waals surface area contributed by atoms with Crippen molar-refractivity contribution in [2.24, 2.45) is 10.9 Å². The van der Waals surface area contributed by atoms with E-state index in [-0.39, 0.29) is 0 Å². The van der Waals surface area contributed by atoms with Crippen molar-refractivity contribution >= 4 is 32.5 Å². The number of nitrogens with zero attached hydrogens (tertiary/aromatic N) is 1. The van der Waals surface area contributed by atoms with Gasteiger partial charge in [0.1, 0.15) is 0 Å². The Morgan fingerprint density at radius 1 is 1.58 bits per heavy atom. The molecule has 0 aromatic heterocycles. The van der Waals surface area contributed by atoms with Gasteiger partial charge in [0, 0.05) is 11.9 Å². The highest BCUT2D eigenvalue weighted by molar-refractivity contribution is 14.1. The first kappa shape index (κ1) is 11.8. The topological polar surface area (TPSA) is 36.2 Å². The van der Waals surface area contributed by atoms with Gasteiger partial charge in [0.25, 0.3) is 0 Å². The van der Waals surface area contributed by atoms with Gasteiger partial charge < -0.3 is 5.41 Å². The molecule has 0 heterocycles. The van der Waals surface area contributed by atoms with Crippen LogP contribution in [-0.4, -0.2) is 9.93 Å². The summed E-state index contributed by atoms with van der Waals surface area (Å²) in [5.74, 6) is 0.292. The molecule has 0 saturated heterocycles. The zero-order valence-corrected chi connectivity index (χ0v) is 9.92. The maximum absolute atomic E-state index is 7.73. The number of halogens is 1. The SMILES string of the molecule is CC/C(=C/N=CI)C(=N)C(C)C. The molecular weight excluding hydrogens is 263 g/mol. The first-order valence-electron chi connectivity index (χ1n) is 4.03. The third-order valence-corrected chi connectivity index (χ3v) is 1.91. The number of aliphatic imine (C=N–C) groups is 1. The van der Waals surface area contributed by atoms with E-state index in [1.165, 1.54) is 0 Å². The van der Waals surface area contributed by atoms with Gasteiger partial charge in [-0.3, -0.25) is 4.99 Å². The second-order valence-corrected chi connectivity index (χ2v) is 3.38. The molecule has 0 aromatic rings. The Hall–Kier alpha value is -0.190. The van der Waals surface area contributed by atoms with Gasteiger partial charge in [-0.1, -0.05) is 20.8 Å². The van der Waals surface area contributed by atoms with Crippen molar-refractivity contribution in [2.75, 3.05) is 0 Å². The maximum atomic E-state index is 7.73. The molecule has 3 heteroatoms. The molecule has 12 heavy (non-hydrogen) atoms. The first-order chi connectivity index (χ1) is 5.63. The standard InChI is InChI=1S/C9H15IN2/c1-4-8(5-12-6-10)9(11)7(2)3/h5-7,11H,4H2,1-3H3/b8-5-,11-9?,12-6?. The number of hydrogen-bond acceptors (Lipinski definition) is 2. The van der Waals surface area contributed by atoms with Crippen LogP contribution in [-0.2, 0) is 0 Å². The second kappa shape index (κ2) is 6.34. The van der Waals surface area contributed by atoms with Crippen LogP contribution in [0, 0.1) is 11.3 Å². The van der Waals surface area contributed by atoms with Crippen molar-refractivity contribution in [3.63, 3.8) is 0 Å². The van der Waals surface area contributed by atoms with Gasteiger partial charge in [-0.05, 0) is 40.5 Å². The van der Waals surface area contributed by atoms with Crippen LogP contribution in [0.5, 0.6) is 0 Å². The molecule has 0 aliphatic rings. The molecule has 1 N–H and O–H groups in total. The third kappa shape index (κ3) is 3.99.